The van der Waals surface area contributed by atoms with Crippen LogP contribution in [0.1, 0.15) is 37.2 Å². The first-order valence-electron chi connectivity index (χ1n) is 5.15. The van der Waals surface area contributed by atoms with E-state index in [1.165, 1.54) is 31.2 Å². The molecule has 1 aromatic carbocycles. The minimum Gasteiger partial charge on any atom is -0.496 e. The maximum atomic E-state index is 6.21. The average Bonchev–Trinajstić information content (AvgIpc) is 2.70. The molecule has 1 aliphatic rings. The number of hydrogen-bond acceptors (Lipinski definition) is 1. The molecule has 0 N–H and O–H groups in total. The highest BCUT2D eigenvalue weighted by Crippen LogP contribution is 2.42. The van der Waals surface area contributed by atoms with E-state index in [9.17, 15) is 0 Å². The standard InChI is InChI=1S/C12H15ClO/c1-14-11-8-4-7-10(13)12(11)9-5-2-3-6-9/h4,7-9H,2-3,5-6H2,1H3. The van der Waals surface area contributed by atoms with E-state index in [0.29, 0.717) is 5.92 Å². The van der Waals surface area contributed by atoms with E-state index < -0.39 is 0 Å². The molecule has 0 amide bonds. The minimum absolute atomic E-state index is 0.610. The third-order valence-corrected chi connectivity index (χ3v) is 3.33. The Morgan fingerprint density at radius 1 is 1.29 bits per heavy atom. The molecule has 1 aliphatic carbocycles. The van der Waals surface area contributed by atoms with Crippen LogP contribution in [0.2, 0.25) is 5.02 Å². The second kappa shape index (κ2) is 4.22. The first-order chi connectivity index (χ1) is 6.83. The van der Waals surface area contributed by atoms with Crippen molar-refractivity contribution in [3.8, 4) is 5.75 Å². The van der Waals surface area contributed by atoms with Gasteiger partial charge in [0.25, 0.3) is 0 Å². The Balaban J connectivity index is 2.37. The minimum atomic E-state index is 0.610. The number of rotatable bonds is 2. The summed E-state index contributed by atoms with van der Waals surface area (Å²) in [6.07, 6.45) is 5.14. The smallest absolute Gasteiger partial charge is 0.123 e. The molecule has 2 heteroatoms. The second-order valence-electron chi connectivity index (χ2n) is 3.84. The van der Waals surface area contributed by atoms with Gasteiger partial charge in [0, 0.05) is 10.6 Å². The van der Waals surface area contributed by atoms with Crippen LogP contribution >= 0.6 is 11.6 Å². The Morgan fingerprint density at radius 2 is 2.00 bits per heavy atom. The van der Waals surface area contributed by atoms with E-state index >= 15 is 0 Å². The van der Waals surface area contributed by atoms with E-state index in [1.54, 1.807) is 7.11 Å². The van der Waals surface area contributed by atoms with Crippen LogP contribution in [0.25, 0.3) is 0 Å². The fourth-order valence-electron chi connectivity index (χ4n) is 2.31. The van der Waals surface area contributed by atoms with E-state index in [-0.39, 0.29) is 0 Å². The number of benzene rings is 1. The molecular formula is C12H15ClO. The fraction of sp³-hybridized carbons (Fsp3) is 0.500. The zero-order chi connectivity index (χ0) is 9.97. The van der Waals surface area contributed by atoms with Gasteiger partial charge in [-0.2, -0.15) is 0 Å². The fourth-order valence-corrected chi connectivity index (χ4v) is 2.63. The molecule has 0 unspecified atom stereocenters. The van der Waals surface area contributed by atoms with Gasteiger partial charge < -0.3 is 4.74 Å². The largest absolute Gasteiger partial charge is 0.496 e. The molecule has 2 rings (SSSR count). The number of halogens is 1. The Bertz CT molecular complexity index is 316. The van der Waals surface area contributed by atoms with Crippen molar-refractivity contribution in [1.29, 1.82) is 0 Å². The molecule has 0 saturated heterocycles. The van der Waals surface area contributed by atoms with Crippen molar-refractivity contribution in [3.63, 3.8) is 0 Å². The van der Waals surface area contributed by atoms with E-state index in [1.807, 2.05) is 18.2 Å². The molecule has 0 heterocycles. The van der Waals surface area contributed by atoms with Crippen molar-refractivity contribution in [2.24, 2.45) is 0 Å². The van der Waals surface area contributed by atoms with Gasteiger partial charge in [0.2, 0.25) is 0 Å². The summed E-state index contributed by atoms with van der Waals surface area (Å²) >= 11 is 6.21. The monoisotopic (exact) mass is 210 g/mol. The highest BCUT2D eigenvalue weighted by atomic mass is 35.5. The van der Waals surface area contributed by atoms with Crippen molar-refractivity contribution in [1.82, 2.24) is 0 Å². The molecule has 0 aromatic heterocycles. The van der Waals surface area contributed by atoms with Crippen LogP contribution in [0, 0.1) is 0 Å². The van der Waals surface area contributed by atoms with Crippen molar-refractivity contribution >= 4 is 11.6 Å². The summed E-state index contributed by atoms with van der Waals surface area (Å²) in [7, 11) is 1.71. The first kappa shape index (κ1) is 9.85. The van der Waals surface area contributed by atoms with Gasteiger partial charge in [-0.1, -0.05) is 30.5 Å². The summed E-state index contributed by atoms with van der Waals surface area (Å²) in [6, 6.07) is 5.90. The quantitative estimate of drug-likeness (QED) is 0.717. The third kappa shape index (κ3) is 1.74. The topological polar surface area (TPSA) is 9.23 Å². The van der Waals surface area contributed by atoms with Crippen LogP contribution < -0.4 is 4.74 Å². The SMILES string of the molecule is COc1cccc(Cl)c1C1CCCC1. The lowest BCUT2D eigenvalue weighted by Gasteiger charge is -2.15. The summed E-state index contributed by atoms with van der Waals surface area (Å²) in [5.74, 6) is 1.56. The lowest BCUT2D eigenvalue weighted by molar-refractivity contribution is 0.405. The van der Waals surface area contributed by atoms with E-state index in [0.717, 1.165) is 10.8 Å². The Labute approximate surface area is 90.0 Å². The van der Waals surface area contributed by atoms with Gasteiger partial charge in [-0.25, -0.2) is 0 Å². The van der Waals surface area contributed by atoms with Crippen LogP contribution in [0.3, 0.4) is 0 Å². The molecule has 1 saturated carbocycles. The molecule has 76 valence electrons. The molecule has 0 atom stereocenters. The van der Waals surface area contributed by atoms with Gasteiger partial charge in [0.05, 0.1) is 7.11 Å². The van der Waals surface area contributed by atoms with Crippen LogP contribution in [0.4, 0.5) is 0 Å². The van der Waals surface area contributed by atoms with Crippen LogP contribution in [0.15, 0.2) is 18.2 Å². The van der Waals surface area contributed by atoms with Gasteiger partial charge in [0.1, 0.15) is 5.75 Å². The lowest BCUT2D eigenvalue weighted by Crippen LogP contribution is -1.97. The summed E-state index contributed by atoms with van der Waals surface area (Å²) in [5, 5.41) is 0.858. The van der Waals surface area contributed by atoms with Gasteiger partial charge >= 0.3 is 0 Å². The van der Waals surface area contributed by atoms with E-state index in [4.69, 9.17) is 16.3 Å². The number of methoxy groups -OCH3 is 1. The Morgan fingerprint density at radius 3 is 2.64 bits per heavy atom. The van der Waals surface area contributed by atoms with Gasteiger partial charge in [-0.05, 0) is 30.9 Å². The summed E-state index contributed by atoms with van der Waals surface area (Å²) in [6.45, 7) is 0. The Hall–Kier alpha value is -0.690. The maximum Gasteiger partial charge on any atom is 0.123 e. The summed E-state index contributed by atoms with van der Waals surface area (Å²) in [5.41, 5.74) is 1.22. The molecule has 1 nitrogen and oxygen atoms in total. The van der Waals surface area contributed by atoms with Crippen molar-refractivity contribution in [2.75, 3.05) is 7.11 Å². The highest BCUT2D eigenvalue weighted by Gasteiger charge is 2.22. The lowest BCUT2D eigenvalue weighted by atomic mass is 9.97. The predicted octanol–water partition coefficient (Wildman–Crippen LogP) is 4.01. The Kier molecular flexibility index (Phi) is 2.97. The van der Waals surface area contributed by atoms with Crippen LogP contribution in [0.5, 0.6) is 5.75 Å². The molecule has 1 aromatic rings. The third-order valence-electron chi connectivity index (χ3n) is 3.00. The zero-order valence-corrected chi connectivity index (χ0v) is 9.18. The summed E-state index contributed by atoms with van der Waals surface area (Å²) in [4.78, 5) is 0. The molecule has 0 spiro atoms. The second-order valence-corrected chi connectivity index (χ2v) is 4.24. The first-order valence-corrected chi connectivity index (χ1v) is 5.53. The molecule has 0 bridgehead atoms. The van der Waals surface area contributed by atoms with Crippen LogP contribution in [-0.4, -0.2) is 7.11 Å². The summed E-state index contributed by atoms with van der Waals surface area (Å²) < 4.78 is 5.35. The van der Waals surface area contributed by atoms with Gasteiger partial charge in [-0.3, -0.25) is 0 Å². The van der Waals surface area contributed by atoms with Gasteiger partial charge in [0.15, 0.2) is 0 Å². The number of hydrogen-bond donors (Lipinski definition) is 0. The van der Waals surface area contributed by atoms with Gasteiger partial charge in [-0.15, -0.1) is 0 Å². The predicted molar refractivity (Wildman–Crippen MR) is 59.2 cm³/mol. The van der Waals surface area contributed by atoms with E-state index in [2.05, 4.69) is 0 Å². The van der Waals surface area contributed by atoms with Crippen molar-refractivity contribution in [3.05, 3.63) is 28.8 Å². The van der Waals surface area contributed by atoms with Crippen molar-refractivity contribution in [2.45, 2.75) is 31.6 Å². The molecule has 0 aliphatic heterocycles. The maximum absolute atomic E-state index is 6.21. The number of ether oxygens (including phenoxy) is 1. The van der Waals surface area contributed by atoms with Crippen LogP contribution in [-0.2, 0) is 0 Å². The molecular weight excluding hydrogens is 196 g/mol. The normalized spacial score (nSPS) is 17.3. The van der Waals surface area contributed by atoms with Crippen molar-refractivity contribution < 1.29 is 4.74 Å². The molecule has 0 radical (unpaired) electrons. The molecule has 1 fully saturated rings. The molecule has 14 heavy (non-hydrogen) atoms. The average molecular weight is 211 g/mol. The highest BCUT2D eigenvalue weighted by molar-refractivity contribution is 6.31. The zero-order valence-electron chi connectivity index (χ0n) is 8.42.